The molecule has 2 aromatic rings. The van der Waals surface area contributed by atoms with Crippen LogP contribution in [0.2, 0.25) is 0 Å². The van der Waals surface area contributed by atoms with Crippen molar-refractivity contribution in [2.75, 3.05) is 13.2 Å². The van der Waals surface area contributed by atoms with Crippen molar-refractivity contribution < 1.29 is 19.1 Å². The Hall–Kier alpha value is -4.20. The van der Waals surface area contributed by atoms with Gasteiger partial charge in [0.1, 0.15) is 24.7 Å². The molecule has 184 valence electrons. The Bertz CT molecular complexity index is 952. The Labute approximate surface area is 206 Å². The fourth-order valence-corrected chi connectivity index (χ4v) is 2.94. The Morgan fingerprint density at radius 2 is 1.14 bits per heavy atom. The number of para-hydroxylation sites is 2. The SMILES string of the molecule is C=CCOc1ccccc1/C=N\NC(=O)CCCCCC(=O)N/N=C\c1ccccc1OCC=C. The van der Waals surface area contributed by atoms with Gasteiger partial charge in [0.25, 0.3) is 0 Å². The zero-order chi connectivity index (χ0) is 25.1. The van der Waals surface area contributed by atoms with Gasteiger partial charge in [-0.25, -0.2) is 10.9 Å². The van der Waals surface area contributed by atoms with Crippen LogP contribution in [0.15, 0.2) is 84.0 Å². The van der Waals surface area contributed by atoms with Crippen molar-refractivity contribution in [3.63, 3.8) is 0 Å². The second-order valence-electron chi connectivity index (χ2n) is 7.42. The first-order valence-corrected chi connectivity index (χ1v) is 11.4. The molecule has 2 aromatic carbocycles. The van der Waals surface area contributed by atoms with Gasteiger partial charge in [-0.05, 0) is 37.1 Å². The zero-order valence-corrected chi connectivity index (χ0v) is 19.8. The van der Waals surface area contributed by atoms with E-state index in [0.717, 1.165) is 17.5 Å². The predicted octanol–water partition coefficient (Wildman–Crippen LogP) is 4.37. The van der Waals surface area contributed by atoms with Crippen LogP contribution in [-0.4, -0.2) is 37.5 Å². The highest BCUT2D eigenvalue weighted by Gasteiger charge is 2.04. The summed E-state index contributed by atoms with van der Waals surface area (Å²) in [5.74, 6) is 0.964. The molecule has 0 aliphatic rings. The van der Waals surface area contributed by atoms with E-state index in [4.69, 9.17) is 9.47 Å². The molecule has 0 atom stereocenters. The number of amides is 2. The third-order valence-corrected chi connectivity index (χ3v) is 4.64. The van der Waals surface area contributed by atoms with Gasteiger partial charge in [0.2, 0.25) is 11.8 Å². The molecule has 0 saturated heterocycles. The average Bonchev–Trinajstić information content (AvgIpc) is 2.87. The van der Waals surface area contributed by atoms with Crippen molar-refractivity contribution in [1.29, 1.82) is 0 Å². The van der Waals surface area contributed by atoms with Crippen LogP contribution in [0.25, 0.3) is 0 Å². The molecule has 0 radical (unpaired) electrons. The lowest BCUT2D eigenvalue weighted by molar-refractivity contribution is -0.121. The topological polar surface area (TPSA) is 101 Å². The van der Waals surface area contributed by atoms with Crippen LogP contribution in [0.1, 0.15) is 43.2 Å². The quantitative estimate of drug-likeness (QED) is 0.163. The summed E-state index contributed by atoms with van der Waals surface area (Å²) in [6, 6.07) is 14.8. The van der Waals surface area contributed by atoms with Crippen LogP contribution >= 0.6 is 0 Å². The van der Waals surface area contributed by atoms with Crippen LogP contribution in [0.5, 0.6) is 11.5 Å². The summed E-state index contributed by atoms with van der Waals surface area (Å²) in [6.07, 6.45) is 9.12. The van der Waals surface area contributed by atoms with Gasteiger partial charge in [0.15, 0.2) is 0 Å². The number of nitrogens with zero attached hydrogens (tertiary/aromatic N) is 2. The summed E-state index contributed by atoms with van der Waals surface area (Å²) >= 11 is 0. The normalized spacial score (nSPS) is 10.7. The number of hydrogen-bond donors (Lipinski definition) is 2. The lowest BCUT2D eigenvalue weighted by atomic mass is 10.1. The summed E-state index contributed by atoms with van der Waals surface area (Å²) in [4.78, 5) is 23.9. The van der Waals surface area contributed by atoms with Gasteiger partial charge >= 0.3 is 0 Å². The molecule has 0 fully saturated rings. The number of nitrogens with one attached hydrogen (secondary N) is 2. The Morgan fingerprint density at radius 1 is 0.714 bits per heavy atom. The molecule has 0 aromatic heterocycles. The molecule has 0 bridgehead atoms. The number of unbranched alkanes of at least 4 members (excludes halogenated alkanes) is 2. The van der Waals surface area contributed by atoms with Crippen molar-refractivity contribution in [3.05, 3.63) is 85.0 Å². The zero-order valence-electron chi connectivity index (χ0n) is 19.8. The lowest BCUT2D eigenvalue weighted by Crippen LogP contribution is -2.18. The second-order valence-corrected chi connectivity index (χ2v) is 7.42. The van der Waals surface area contributed by atoms with E-state index in [1.165, 1.54) is 0 Å². The Kier molecular flexibility index (Phi) is 12.7. The molecule has 2 amide bonds. The minimum atomic E-state index is -0.183. The molecule has 2 rings (SSSR count). The highest BCUT2D eigenvalue weighted by molar-refractivity contribution is 5.86. The van der Waals surface area contributed by atoms with Crippen molar-refractivity contribution in [2.45, 2.75) is 32.1 Å². The van der Waals surface area contributed by atoms with Crippen LogP contribution in [-0.2, 0) is 9.59 Å². The first-order valence-electron chi connectivity index (χ1n) is 11.4. The monoisotopic (exact) mass is 476 g/mol. The summed E-state index contributed by atoms with van der Waals surface area (Å²) in [6.45, 7) is 8.03. The number of ether oxygens (including phenoxy) is 2. The summed E-state index contributed by atoms with van der Waals surface area (Å²) in [5.41, 5.74) is 6.55. The number of carbonyl (C=O) groups excluding carboxylic acids is 2. The summed E-state index contributed by atoms with van der Waals surface area (Å²) in [5, 5.41) is 7.99. The minimum absolute atomic E-state index is 0.183. The molecule has 8 nitrogen and oxygen atoms in total. The van der Waals surface area contributed by atoms with E-state index in [9.17, 15) is 9.59 Å². The van der Waals surface area contributed by atoms with Crippen molar-refractivity contribution in [2.24, 2.45) is 10.2 Å². The van der Waals surface area contributed by atoms with E-state index in [2.05, 4.69) is 34.2 Å². The molecule has 0 aliphatic heterocycles. The summed E-state index contributed by atoms with van der Waals surface area (Å²) in [7, 11) is 0. The molecule has 35 heavy (non-hydrogen) atoms. The van der Waals surface area contributed by atoms with Crippen LogP contribution in [0.4, 0.5) is 0 Å². The van der Waals surface area contributed by atoms with Gasteiger partial charge in [-0.2, -0.15) is 10.2 Å². The molecule has 0 saturated carbocycles. The van der Waals surface area contributed by atoms with E-state index < -0.39 is 0 Å². The smallest absolute Gasteiger partial charge is 0.240 e. The van der Waals surface area contributed by atoms with Crippen molar-refractivity contribution in [3.8, 4) is 11.5 Å². The standard InChI is InChI=1S/C27H32N4O4/c1-3-18-34-24-14-10-8-12-22(24)20-28-30-26(32)16-6-5-7-17-27(33)31-29-21-23-13-9-11-15-25(23)35-19-4-2/h3-4,8-15,20-21H,1-2,5-7,16-19H2,(H,30,32)(H,31,33)/b28-20-,29-21-. The Morgan fingerprint density at radius 3 is 1.57 bits per heavy atom. The van der Waals surface area contributed by atoms with E-state index >= 15 is 0 Å². The molecular weight excluding hydrogens is 444 g/mol. The van der Waals surface area contributed by atoms with E-state index in [1.54, 1.807) is 24.6 Å². The number of hydrazone groups is 2. The first-order chi connectivity index (χ1) is 17.1. The maximum atomic E-state index is 12.0. The highest BCUT2D eigenvalue weighted by atomic mass is 16.5. The van der Waals surface area contributed by atoms with Gasteiger partial charge in [-0.15, -0.1) is 0 Å². The third kappa shape index (κ3) is 11.0. The molecule has 0 aliphatic carbocycles. The van der Waals surface area contributed by atoms with Gasteiger partial charge in [-0.1, -0.05) is 56.0 Å². The van der Waals surface area contributed by atoms with Gasteiger partial charge < -0.3 is 9.47 Å². The van der Waals surface area contributed by atoms with Crippen LogP contribution in [0, 0.1) is 0 Å². The molecule has 0 unspecified atom stereocenters. The number of carbonyl (C=O) groups is 2. The van der Waals surface area contributed by atoms with Crippen molar-refractivity contribution >= 4 is 24.2 Å². The highest BCUT2D eigenvalue weighted by Crippen LogP contribution is 2.16. The van der Waals surface area contributed by atoms with Gasteiger partial charge in [-0.3, -0.25) is 9.59 Å². The fourth-order valence-electron chi connectivity index (χ4n) is 2.94. The largest absolute Gasteiger partial charge is 0.489 e. The van der Waals surface area contributed by atoms with E-state index in [1.807, 2.05) is 48.5 Å². The molecule has 8 heteroatoms. The second kappa shape index (κ2) is 16.4. The fraction of sp³-hybridized carbons (Fsp3) is 0.259. The maximum absolute atomic E-state index is 12.0. The maximum Gasteiger partial charge on any atom is 0.240 e. The van der Waals surface area contributed by atoms with E-state index in [-0.39, 0.29) is 11.8 Å². The average molecular weight is 477 g/mol. The predicted molar refractivity (Wildman–Crippen MR) is 139 cm³/mol. The molecule has 0 spiro atoms. The van der Waals surface area contributed by atoms with Crippen LogP contribution < -0.4 is 20.3 Å². The van der Waals surface area contributed by atoms with Crippen LogP contribution in [0.3, 0.4) is 0 Å². The van der Waals surface area contributed by atoms with Crippen molar-refractivity contribution in [1.82, 2.24) is 10.9 Å². The number of rotatable bonds is 16. The molecule has 2 N–H and O–H groups in total. The van der Waals surface area contributed by atoms with E-state index in [0.29, 0.717) is 50.4 Å². The Balaban J connectivity index is 1.62. The summed E-state index contributed by atoms with van der Waals surface area (Å²) < 4.78 is 11.1. The lowest BCUT2D eigenvalue weighted by Gasteiger charge is -2.06. The van der Waals surface area contributed by atoms with Gasteiger partial charge in [0.05, 0.1) is 12.4 Å². The number of benzene rings is 2. The number of hydrogen-bond acceptors (Lipinski definition) is 6. The molecule has 0 heterocycles. The molecular formula is C27H32N4O4. The van der Waals surface area contributed by atoms with Gasteiger partial charge in [0, 0.05) is 24.0 Å². The third-order valence-electron chi connectivity index (χ3n) is 4.64. The first kappa shape index (κ1) is 27.0. The minimum Gasteiger partial charge on any atom is -0.489 e.